The Morgan fingerprint density at radius 2 is 1.83 bits per heavy atom. The van der Waals surface area contributed by atoms with Gasteiger partial charge in [-0.15, -0.1) is 5.10 Å². The molecule has 0 amide bonds. The van der Waals surface area contributed by atoms with Crippen LogP contribution in [0.3, 0.4) is 0 Å². The van der Waals surface area contributed by atoms with Crippen molar-refractivity contribution in [1.29, 1.82) is 0 Å². The summed E-state index contributed by atoms with van der Waals surface area (Å²) in [6.45, 7) is 8.47. The zero-order valence-corrected chi connectivity index (χ0v) is 9.44. The van der Waals surface area contributed by atoms with Crippen molar-refractivity contribution in [3.05, 3.63) is 21.9 Å². The minimum atomic E-state index is 0.0811. The molecule has 1 heterocycles. The highest BCUT2D eigenvalue weighted by Crippen LogP contribution is 2.23. The fourth-order valence-electron chi connectivity index (χ4n) is 1.19. The second-order valence-electron chi connectivity index (χ2n) is 3.95. The molecule has 3 heteroatoms. The van der Waals surface area contributed by atoms with Crippen molar-refractivity contribution >= 4 is 15.9 Å². The van der Waals surface area contributed by atoms with Gasteiger partial charge in [0, 0.05) is 5.41 Å². The average Bonchev–Trinajstić information content (AvgIpc) is 1.83. The van der Waals surface area contributed by atoms with Gasteiger partial charge in [0.25, 0.3) is 0 Å². The smallest absolute Gasteiger partial charge is 0.129 e. The van der Waals surface area contributed by atoms with E-state index < -0.39 is 0 Å². The molecule has 0 bridgehead atoms. The van der Waals surface area contributed by atoms with Crippen molar-refractivity contribution < 1.29 is 0 Å². The van der Waals surface area contributed by atoms with Gasteiger partial charge in [0.05, 0.1) is 5.69 Å². The average molecular weight is 229 g/mol. The Hall–Kier alpha value is -0.440. The number of hydrogen-bond acceptors (Lipinski definition) is 2. The molecule has 0 radical (unpaired) electrons. The first kappa shape index (κ1) is 9.65. The van der Waals surface area contributed by atoms with Gasteiger partial charge in [-0.3, -0.25) is 0 Å². The summed E-state index contributed by atoms with van der Waals surface area (Å²) in [5.74, 6) is 0. The Labute approximate surface area is 81.5 Å². The van der Waals surface area contributed by atoms with Gasteiger partial charge in [0.1, 0.15) is 4.60 Å². The molecule has 0 aromatic carbocycles. The fraction of sp³-hybridized carbons (Fsp3) is 0.556. The molecular weight excluding hydrogens is 216 g/mol. The van der Waals surface area contributed by atoms with Crippen LogP contribution in [0.5, 0.6) is 0 Å². The van der Waals surface area contributed by atoms with Gasteiger partial charge < -0.3 is 0 Å². The van der Waals surface area contributed by atoms with Crippen molar-refractivity contribution in [2.75, 3.05) is 0 Å². The highest BCUT2D eigenvalue weighted by atomic mass is 79.9. The maximum absolute atomic E-state index is 4.15. The maximum Gasteiger partial charge on any atom is 0.129 e. The summed E-state index contributed by atoms with van der Waals surface area (Å²) in [7, 11) is 0. The minimum Gasteiger partial charge on any atom is -0.154 e. The molecule has 0 saturated heterocycles. The van der Waals surface area contributed by atoms with E-state index >= 15 is 0 Å². The Balaban J connectivity index is 3.19. The maximum atomic E-state index is 4.15. The Morgan fingerprint density at radius 3 is 2.25 bits per heavy atom. The first-order valence-corrected chi connectivity index (χ1v) is 4.71. The second-order valence-corrected chi connectivity index (χ2v) is 4.76. The first-order chi connectivity index (χ1) is 5.41. The number of rotatable bonds is 0. The van der Waals surface area contributed by atoms with E-state index in [1.807, 2.05) is 6.07 Å². The number of hydrogen-bond donors (Lipinski definition) is 0. The van der Waals surface area contributed by atoms with E-state index in [4.69, 9.17) is 0 Å². The van der Waals surface area contributed by atoms with Crippen LogP contribution in [-0.4, -0.2) is 10.2 Å². The van der Waals surface area contributed by atoms with Gasteiger partial charge in [0.2, 0.25) is 0 Å². The number of halogens is 1. The third-order valence-corrected chi connectivity index (χ3v) is 2.05. The van der Waals surface area contributed by atoms with Crippen LogP contribution in [0.15, 0.2) is 10.7 Å². The molecule has 12 heavy (non-hydrogen) atoms. The Morgan fingerprint density at radius 1 is 1.25 bits per heavy atom. The van der Waals surface area contributed by atoms with Crippen LogP contribution in [0.1, 0.15) is 32.0 Å². The predicted molar refractivity (Wildman–Crippen MR) is 53.2 cm³/mol. The minimum absolute atomic E-state index is 0.0811. The predicted octanol–water partition coefficient (Wildman–Crippen LogP) is 2.85. The Bertz CT molecular complexity index is 289. The summed E-state index contributed by atoms with van der Waals surface area (Å²) in [6.07, 6.45) is 0. The summed E-state index contributed by atoms with van der Waals surface area (Å²) in [4.78, 5) is 0. The van der Waals surface area contributed by atoms with Crippen LogP contribution in [0.2, 0.25) is 0 Å². The molecule has 2 nitrogen and oxygen atoms in total. The lowest BCUT2D eigenvalue weighted by molar-refractivity contribution is 0.552. The molecule has 0 aliphatic rings. The van der Waals surface area contributed by atoms with Crippen molar-refractivity contribution in [1.82, 2.24) is 10.2 Å². The van der Waals surface area contributed by atoms with Gasteiger partial charge in [-0.25, -0.2) is 0 Å². The molecular formula is C9H13BrN2. The summed E-state index contributed by atoms with van der Waals surface area (Å²) >= 11 is 3.29. The highest BCUT2D eigenvalue weighted by Gasteiger charge is 2.18. The molecule has 0 spiro atoms. The normalized spacial score (nSPS) is 11.8. The zero-order valence-electron chi connectivity index (χ0n) is 7.85. The van der Waals surface area contributed by atoms with Crippen LogP contribution in [0.4, 0.5) is 0 Å². The summed E-state index contributed by atoms with van der Waals surface area (Å²) in [5, 5.41) is 8.13. The van der Waals surface area contributed by atoms with Gasteiger partial charge in [-0.1, -0.05) is 20.8 Å². The number of nitrogens with zero attached hydrogens (tertiary/aromatic N) is 2. The van der Waals surface area contributed by atoms with Gasteiger partial charge in [-0.05, 0) is 34.5 Å². The quantitative estimate of drug-likeness (QED) is 0.683. The molecule has 66 valence electrons. The SMILES string of the molecule is Cc1cc(Br)nnc1C(C)(C)C. The number of aryl methyl sites for hydroxylation is 1. The molecule has 0 unspecified atom stereocenters. The van der Waals surface area contributed by atoms with Crippen LogP contribution in [0.25, 0.3) is 0 Å². The molecule has 0 N–H and O–H groups in total. The molecule has 1 rings (SSSR count). The topological polar surface area (TPSA) is 25.8 Å². The summed E-state index contributed by atoms with van der Waals surface area (Å²) in [5.41, 5.74) is 2.33. The molecule has 0 aliphatic heterocycles. The third-order valence-electron chi connectivity index (χ3n) is 1.67. The zero-order chi connectivity index (χ0) is 9.35. The van der Waals surface area contributed by atoms with E-state index in [2.05, 4.69) is 53.8 Å². The lowest BCUT2D eigenvalue weighted by Crippen LogP contribution is -2.16. The molecule has 1 aromatic heterocycles. The van der Waals surface area contributed by atoms with E-state index in [-0.39, 0.29) is 5.41 Å². The van der Waals surface area contributed by atoms with Crippen LogP contribution < -0.4 is 0 Å². The standard InChI is InChI=1S/C9H13BrN2/c1-6-5-7(10)11-12-8(6)9(2,3)4/h5H,1-4H3. The van der Waals surface area contributed by atoms with Crippen LogP contribution in [-0.2, 0) is 5.41 Å². The van der Waals surface area contributed by atoms with Crippen LogP contribution in [0, 0.1) is 6.92 Å². The second kappa shape index (κ2) is 3.13. The molecule has 1 aromatic rings. The summed E-state index contributed by atoms with van der Waals surface area (Å²) < 4.78 is 0.799. The van der Waals surface area contributed by atoms with Gasteiger partial charge in [-0.2, -0.15) is 5.10 Å². The van der Waals surface area contributed by atoms with E-state index in [0.29, 0.717) is 0 Å². The van der Waals surface area contributed by atoms with Crippen molar-refractivity contribution in [3.63, 3.8) is 0 Å². The largest absolute Gasteiger partial charge is 0.154 e. The molecule has 0 fully saturated rings. The monoisotopic (exact) mass is 228 g/mol. The van der Waals surface area contributed by atoms with Gasteiger partial charge in [0.15, 0.2) is 0 Å². The molecule has 0 saturated carbocycles. The highest BCUT2D eigenvalue weighted by molar-refractivity contribution is 9.10. The number of aromatic nitrogens is 2. The third kappa shape index (κ3) is 2.03. The van der Waals surface area contributed by atoms with Crippen molar-refractivity contribution in [2.24, 2.45) is 0 Å². The van der Waals surface area contributed by atoms with Crippen molar-refractivity contribution in [2.45, 2.75) is 33.1 Å². The van der Waals surface area contributed by atoms with Crippen LogP contribution >= 0.6 is 15.9 Å². The molecule has 0 aliphatic carbocycles. The molecule has 0 atom stereocenters. The van der Waals surface area contributed by atoms with Crippen molar-refractivity contribution in [3.8, 4) is 0 Å². The fourth-order valence-corrected chi connectivity index (χ4v) is 1.62. The van der Waals surface area contributed by atoms with Gasteiger partial charge >= 0.3 is 0 Å². The lowest BCUT2D eigenvalue weighted by Gasteiger charge is -2.18. The lowest BCUT2D eigenvalue weighted by atomic mass is 9.89. The van der Waals surface area contributed by atoms with E-state index in [1.165, 1.54) is 5.56 Å². The van der Waals surface area contributed by atoms with E-state index in [9.17, 15) is 0 Å². The van der Waals surface area contributed by atoms with E-state index in [1.54, 1.807) is 0 Å². The first-order valence-electron chi connectivity index (χ1n) is 3.91. The van der Waals surface area contributed by atoms with E-state index in [0.717, 1.165) is 10.3 Å². The summed E-state index contributed by atoms with van der Waals surface area (Å²) in [6, 6.07) is 1.99. The Kier molecular flexibility index (Phi) is 2.52.